The monoisotopic (exact) mass is 296 g/mol. The molecule has 1 aliphatic heterocycles. The van der Waals surface area contributed by atoms with Crippen LogP contribution in [0.5, 0.6) is 0 Å². The van der Waals surface area contributed by atoms with Gasteiger partial charge >= 0.3 is 5.97 Å². The molecule has 0 spiro atoms. The van der Waals surface area contributed by atoms with Crippen molar-refractivity contribution < 1.29 is 18.3 Å². The van der Waals surface area contributed by atoms with Crippen LogP contribution in [-0.2, 0) is 14.8 Å². The lowest BCUT2D eigenvalue weighted by molar-refractivity contribution is -0.137. The van der Waals surface area contributed by atoms with Gasteiger partial charge in [0.2, 0.25) is 10.0 Å². The molecule has 0 saturated carbocycles. The molecule has 1 fully saturated rings. The molecule has 6 nitrogen and oxygen atoms in total. The van der Waals surface area contributed by atoms with E-state index >= 15 is 0 Å². The molecular formula is C10H20N2O4S2. The lowest BCUT2D eigenvalue weighted by Crippen LogP contribution is -2.39. The van der Waals surface area contributed by atoms with Gasteiger partial charge in [0.25, 0.3) is 0 Å². The molecule has 0 aliphatic carbocycles. The summed E-state index contributed by atoms with van der Waals surface area (Å²) in [7, 11) is -3.32. The van der Waals surface area contributed by atoms with Gasteiger partial charge in [-0.3, -0.25) is 4.79 Å². The van der Waals surface area contributed by atoms with Crippen molar-refractivity contribution in [3.63, 3.8) is 0 Å². The minimum atomic E-state index is -3.32. The van der Waals surface area contributed by atoms with E-state index in [2.05, 4.69) is 9.62 Å². The van der Waals surface area contributed by atoms with Gasteiger partial charge in [-0.2, -0.15) is 11.8 Å². The van der Waals surface area contributed by atoms with Crippen LogP contribution in [0.3, 0.4) is 0 Å². The van der Waals surface area contributed by atoms with Crippen molar-refractivity contribution in [3.8, 4) is 0 Å². The Morgan fingerprint density at radius 3 is 2.61 bits per heavy atom. The van der Waals surface area contributed by atoms with Crippen LogP contribution >= 0.6 is 11.8 Å². The van der Waals surface area contributed by atoms with E-state index in [1.54, 1.807) is 0 Å². The van der Waals surface area contributed by atoms with Crippen LogP contribution in [0, 0.1) is 0 Å². The third-order valence-corrected chi connectivity index (χ3v) is 5.07. The Kier molecular flexibility index (Phi) is 6.98. The second-order valence-corrected chi connectivity index (χ2v) is 7.32. The molecule has 0 atom stereocenters. The summed E-state index contributed by atoms with van der Waals surface area (Å²) in [6, 6.07) is 0. The maximum atomic E-state index is 11.5. The zero-order valence-electron chi connectivity index (χ0n) is 10.3. The van der Waals surface area contributed by atoms with Crippen molar-refractivity contribution in [2.45, 2.75) is 12.8 Å². The van der Waals surface area contributed by atoms with Gasteiger partial charge in [-0.1, -0.05) is 0 Å². The number of rotatable bonds is 8. The highest BCUT2D eigenvalue weighted by atomic mass is 32.2. The number of carboxylic acid groups (broad SMARTS) is 1. The van der Waals surface area contributed by atoms with Crippen LogP contribution in [0.1, 0.15) is 12.8 Å². The predicted molar refractivity (Wildman–Crippen MR) is 72.4 cm³/mol. The maximum absolute atomic E-state index is 11.5. The first-order chi connectivity index (χ1) is 8.49. The third kappa shape index (κ3) is 7.20. The van der Waals surface area contributed by atoms with E-state index in [1.165, 1.54) is 0 Å². The first kappa shape index (κ1) is 15.7. The molecule has 0 bridgehead atoms. The number of aliphatic carboxylic acids is 1. The highest BCUT2D eigenvalue weighted by Gasteiger charge is 2.13. The van der Waals surface area contributed by atoms with Crippen LogP contribution in [0.25, 0.3) is 0 Å². The van der Waals surface area contributed by atoms with E-state index < -0.39 is 16.0 Å². The number of sulfonamides is 1. The molecule has 0 unspecified atom stereocenters. The van der Waals surface area contributed by atoms with Gasteiger partial charge in [0.05, 0.1) is 5.75 Å². The normalized spacial score (nSPS) is 17.8. The van der Waals surface area contributed by atoms with E-state index in [1.807, 2.05) is 11.8 Å². The van der Waals surface area contributed by atoms with Gasteiger partial charge in [-0.15, -0.1) is 0 Å². The van der Waals surface area contributed by atoms with E-state index in [-0.39, 0.29) is 18.6 Å². The fourth-order valence-electron chi connectivity index (χ4n) is 1.67. The summed E-state index contributed by atoms with van der Waals surface area (Å²) in [6.45, 7) is 3.13. The number of thioether (sulfide) groups is 1. The number of hydrogen-bond donors (Lipinski definition) is 2. The van der Waals surface area contributed by atoms with E-state index in [0.29, 0.717) is 6.54 Å². The number of carboxylic acids is 1. The fraction of sp³-hybridized carbons (Fsp3) is 0.900. The summed E-state index contributed by atoms with van der Waals surface area (Å²) in [4.78, 5) is 12.5. The quantitative estimate of drug-likeness (QED) is 0.646. The van der Waals surface area contributed by atoms with Crippen LogP contribution in [0.2, 0.25) is 0 Å². The molecule has 8 heteroatoms. The molecule has 1 rings (SSSR count). The Balaban J connectivity index is 2.14. The van der Waals surface area contributed by atoms with Gasteiger partial charge in [0, 0.05) is 44.1 Å². The Bertz CT molecular complexity index is 353. The minimum Gasteiger partial charge on any atom is -0.481 e. The molecule has 0 aromatic rings. The Morgan fingerprint density at radius 1 is 1.33 bits per heavy atom. The molecule has 0 aromatic heterocycles. The molecule has 1 heterocycles. The molecule has 1 aliphatic rings. The lowest BCUT2D eigenvalue weighted by atomic mass is 10.3. The second kappa shape index (κ2) is 7.98. The largest absolute Gasteiger partial charge is 0.481 e. The molecule has 1 saturated heterocycles. The number of nitrogens with one attached hydrogen (secondary N) is 1. The van der Waals surface area contributed by atoms with E-state index in [4.69, 9.17) is 5.11 Å². The van der Waals surface area contributed by atoms with Crippen LogP contribution in [0.15, 0.2) is 0 Å². The standard InChI is InChI=1S/C10H20N2O4S2/c13-10(14)2-1-9-18(15,16)11-3-4-12-5-7-17-8-6-12/h11H,1-9H2,(H,13,14). The van der Waals surface area contributed by atoms with Gasteiger partial charge in [0.15, 0.2) is 0 Å². The van der Waals surface area contributed by atoms with Crippen molar-refractivity contribution in [3.05, 3.63) is 0 Å². The third-order valence-electron chi connectivity index (χ3n) is 2.66. The van der Waals surface area contributed by atoms with Crippen molar-refractivity contribution in [2.75, 3.05) is 43.4 Å². The van der Waals surface area contributed by atoms with Gasteiger partial charge < -0.3 is 10.0 Å². The van der Waals surface area contributed by atoms with E-state index in [9.17, 15) is 13.2 Å². The van der Waals surface area contributed by atoms with Gasteiger partial charge in [0.1, 0.15) is 0 Å². The predicted octanol–water partition coefficient (Wildman–Crippen LogP) is -0.181. The average Bonchev–Trinajstić information content (AvgIpc) is 2.29. The fourth-order valence-corrected chi connectivity index (χ4v) is 3.72. The summed E-state index contributed by atoms with van der Waals surface area (Å²) in [6.07, 6.45) is 0.0509. The number of hydrogen-bond acceptors (Lipinski definition) is 5. The highest BCUT2D eigenvalue weighted by Crippen LogP contribution is 2.08. The Hall–Kier alpha value is -0.310. The lowest BCUT2D eigenvalue weighted by Gasteiger charge is -2.25. The summed E-state index contributed by atoms with van der Waals surface area (Å²) in [5, 5.41) is 8.43. The zero-order chi connectivity index (χ0) is 13.4. The molecule has 18 heavy (non-hydrogen) atoms. The highest BCUT2D eigenvalue weighted by molar-refractivity contribution is 7.99. The SMILES string of the molecule is O=C(O)CCCS(=O)(=O)NCCN1CCSCC1. The van der Waals surface area contributed by atoms with Crippen molar-refractivity contribution in [1.82, 2.24) is 9.62 Å². The average molecular weight is 296 g/mol. The molecule has 106 valence electrons. The number of carbonyl (C=O) groups is 1. The summed E-state index contributed by atoms with van der Waals surface area (Å²) >= 11 is 1.92. The second-order valence-electron chi connectivity index (χ2n) is 4.16. The van der Waals surface area contributed by atoms with Crippen molar-refractivity contribution in [1.29, 1.82) is 0 Å². The first-order valence-electron chi connectivity index (χ1n) is 5.99. The van der Waals surface area contributed by atoms with Crippen molar-refractivity contribution in [2.24, 2.45) is 0 Å². The molecular weight excluding hydrogens is 276 g/mol. The van der Waals surface area contributed by atoms with Crippen LogP contribution in [-0.4, -0.2) is 67.8 Å². The zero-order valence-corrected chi connectivity index (χ0v) is 11.9. The molecule has 0 aromatic carbocycles. The smallest absolute Gasteiger partial charge is 0.303 e. The summed E-state index contributed by atoms with van der Waals surface area (Å²) < 4.78 is 25.6. The summed E-state index contributed by atoms with van der Waals surface area (Å²) in [5.74, 6) is 1.13. The molecule has 0 amide bonds. The van der Waals surface area contributed by atoms with E-state index in [0.717, 1.165) is 31.1 Å². The Labute approximate surface area is 112 Å². The van der Waals surface area contributed by atoms with Crippen molar-refractivity contribution >= 4 is 27.8 Å². The number of nitrogens with zero attached hydrogens (tertiary/aromatic N) is 1. The Morgan fingerprint density at radius 2 is 2.00 bits per heavy atom. The molecule has 2 N–H and O–H groups in total. The maximum Gasteiger partial charge on any atom is 0.303 e. The van der Waals surface area contributed by atoms with Crippen LogP contribution in [0.4, 0.5) is 0 Å². The molecule has 0 radical (unpaired) electrons. The van der Waals surface area contributed by atoms with Gasteiger partial charge in [-0.05, 0) is 6.42 Å². The minimum absolute atomic E-state index is 0.107. The first-order valence-corrected chi connectivity index (χ1v) is 8.79. The topological polar surface area (TPSA) is 86.7 Å². The van der Waals surface area contributed by atoms with Gasteiger partial charge in [-0.25, -0.2) is 13.1 Å². The van der Waals surface area contributed by atoms with Crippen LogP contribution < -0.4 is 4.72 Å². The summed E-state index contributed by atoms with van der Waals surface area (Å²) in [5.41, 5.74) is 0.